The molecule has 1 N–H and O–H groups in total. The van der Waals surface area contributed by atoms with Gasteiger partial charge in [-0.05, 0) is 71.1 Å². The molecule has 4 rings (SSSR count). The van der Waals surface area contributed by atoms with Crippen molar-refractivity contribution in [3.63, 3.8) is 0 Å². The molecule has 2 aliphatic rings. The minimum atomic E-state index is 0.0729. The molecule has 5 heteroatoms. The molecule has 0 saturated heterocycles. The van der Waals surface area contributed by atoms with Crippen LogP contribution in [-0.4, -0.2) is 28.2 Å². The van der Waals surface area contributed by atoms with Crippen LogP contribution in [-0.2, 0) is 16.6 Å². The largest absolute Gasteiger partial charge is 0.355 e. The molecule has 0 radical (unpaired) electrons. The number of nitrogens with zero attached hydrogens (tertiary/aromatic N) is 2. The van der Waals surface area contributed by atoms with Crippen LogP contribution in [0, 0.1) is 11.3 Å². The zero-order valence-electron chi connectivity index (χ0n) is 19.3. The summed E-state index contributed by atoms with van der Waals surface area (Å²) in [6.45, 7) is 10.2. The van der Waals surface area contributed by atoms with Crippen LogP contribution in [0.1, 0.15) is 76.0 Å². The van der Waals surface area contributed by atoms with Crippen LogP contribution >= 0.6 is 11.8 Å². The van der Waals surface area contributed by atoms with Crippen LogP contribution in [0.4, 0.5) is 0 Å². The third-order valence-corrected chi connectivity index (χ3v) is 8.61. The quantitative estimate of drug-likeness (QED) is 0.478. The summed E-state index contributed by atoms with van der Waals surface area (Å²) in [5.41, 5.74) is 4.89. The lowest BCUT2D eigenvalue weighted by atomic mass is 9.49. The van der Waals surface area contributed by atoms with Gasteiger partial charge in [-0.1, -0.05) is 64.1 Å². The zero-order chi connectivity index (χ0) is 22.1. The molecule has 0 bridgehead atoms. The van der Waals surface area contributed by atoms with E-state index in [9.17, 15) is 4.79 Å². The predicted molar refractivity (Wildman–Crippen MR) is 127 cm³/mol. The van der Waals surface area contributed by atoms with Gasteiger partial charge in [-0.25, -0.2) is 9.97 Å². The molecule has 4 nitrogen and oxygen atoms in total. The highest BCUT2D eigenvalue weighted by atomic mass is 32.2. The summed E-state index contributed by atoms with van der Waals surface area (Å²) in [7, 11) is 0. The van der Waals surface area contributed by atoms with E-state index in [2.05, 4.69) is 61.2 Å². The first kappa shape index (κ1) is 22.3. The summed E-state index contributed by atoms with van der Waals surface area (Å²) >= 11 is 1.40. The second kappa shape index (κ2) is 8.93. The Morgan fingerprint density at radius 1 is 1.23 bits per heavy atom. The van der Waals surface area contributed by atoms with Gasteiger partial charge in [-0.3, -0.25) is 4.79 Å². The van der Waals surface area contributed by atoms with Gasteiger partial charge in [-0.15, -0.1) is 0 Å². The molecule has 3 atom stereocenters. The number of hydrogen-bond donors (Lipinski definition) is 1. The maximum Gasteiger partial charge on any atom is 0.230 e. The highest BCUT2D eigenvalue weighted by Gasteiger charge is 2.51. The number of thioether (sulfide) groups is 1. The molecule has 1 fully saturated rings. The van der Waals surface area contributed by atoms with Gasteiger partial charge in [0.2, 0.25) is 5.91 Å². The molecule has 1 heterocycles. The van der Waals surface area contributed by atoms with Gasteiger partial charge in [0, 0.05) is 18.9 Å². The molecule has 2 aromatic rings. The standard InChI is InChI=1S/C26H35N3OS/c1-18(2)19-7-9-21-20(15-19)8-10-22-25(3,11-5-12-26(21,22)4)17-29-23(30)16-31-24-27-13-6-14-28-24/h6-7,9,13-15,18,22H,5,8,10-12,16-17H2,1-4H3,(H,29,30). The van der Waals surface area contributed by atoms with Crippen LogP contribution in [0.3, 0.4) is 0 Å². The molecule has 2 aliphatic carbocycles. The van der Waals surface area contributed by atoms with E-state index in [0.29, 0.717) is 22.7 Å². The number of benzene rings is 1. The van der Waals surface area contributed by atoms with E-state index in [1.165, 1.54) is 43.0 Å². The van der Waals surface area contributed by atoms with Gasteiger partial charge in [-0.2, -0.15) is 0 Å². The number of hydrogen-bond acceptors (Lipinski definition) is 4. The molecular formula is C26H35N3OS. The van der Waals surface area contributed by atoms with Crippen molar-refractivity contribution < 1.29 is 4.79 Å². The van der Waals surface area contributed by atoms with Crippen LogP contribution in [0.5, 0.6) is 0 Å². The van der Waals surface area contributed by atoms with Crippen molar-refractivity contribution in [1.82, 2.24) is 15.3 Å². The first-order valence-electron chi connectivity index (χ1n) is 11.6. The van der Waals surface area contributed by atoms with E-state index in [-0.39, 0.29) is 16.7 Å². The Morgan fingerprint density at radius 2 is 2.00 bits per heavy atom. The van der Waals surface area contributed by atoms with Crippen LogP contribution in [0.15, 0.2) is 41.8 Å². The fraction of sp³-hybridized carbons (Fsp3) is 0.577. The van der Waals surface area contributed by atoms with Crippen molar-refractivity contribution in [2.24, 2.45) is 11.3 Å². The molecule has 1 amide bonds. The minimum Gasteiger partial charge on any atom is -0.355 e. The Morgan fingerprint density at radius 3 is 2.74 bits per heavy atom. The number of carbonyl (C=O) groups excluding carboxylic acids is 1. The van der Waals surface area contributed by atoms with Crippen molar-refractivity contribution in [3.8, 4) is 0 Å². The van der Waals surface area contributed by atoms with E-state index in [0.717, 1.165) is 13.0 Å². The third kappa shape index (κ3) is 4.52. The van der Waals surface area contributed by atoms with Gasteiger partial charge >= 0.3 is 0 Å². The number of amides is 1. The Balaban J connectivity index is 1.45. The molecule has 31 heavy (non-hydrogen) atoms. The van der Waals surface area contributed by atoms with Crippen molar-refractivity contribution in [2.75, 3.05) is 12.3 Å². The smallest absolute Gasteiger partial charge is 0.230 e. The van der Waals surface area contributed by atoms with Gasteiger partial charge < -0.3 is 5.32 Å². The van der Waals surface area contributed by atoms with Crippen molar-refractivity contribution in [3.05, 3.63) is 53.3 Å². The van der Waals surface area contributed by atoms with E-state index in [4.69, 9.17) is 0 Å². The summed E-state index contributed by atoms with van der Waals surface area (Å²) in [6, 6.07) is 9.00. The van der Waals surface area contributed by atoms with Gasteiger partial charge in [0.1, 0.15) is 0 Å². The SMILES string of the molecule is CC(C)c1ccc2c(c1)CCC1C(C)(CNC(=O)CSc3ncccn3)CCCC21C. The average Bonchev–Trinajstić information content (AvgIpc) is 2.76. The molecule has 0 spiro atoms. The lowest BCUT2D eigenvalue weighted by Crippen LogP contribution is -2.53. The lowest BCUT2D eigenvalue weighted by molar-refractivity contribution is -0.119. The molecule has 1 aromatic carbocycles. The van der Waals surface area contributed by atoms with Gasteiger partial charge in [0.25, 0.3) is 0 Å². The zero-order valence-corrected chi connectivity index (χ0v) is 20.1. The number of aromatic nitrogens is 2. The highest BCUT2D eigenvalue weighted by Crippen LogP contribution is 2.57. The average molecular weight is 438 g/mol. The van der Waals surface area contributed by atoms with Crippen molar-refractivity contribution >= 4 is 17.7 Å². The second-order valence-electron chi connectivity index (χ2n) is 10.2. The third-order valence-electron chi connectivity index (χ3n) is 7.73. The Labute approximate surface area is 191 Å². The molecule has 1 aromatic heterocycles. The number of carbonyl (C=O) groups is 1. The van der Waals surface area contributed by atoms with E-state index < -0.39 is 0 Å². The summed E-state index contributed by atoms with van der Waals surface area (Å²) in [5.74, 6) is 1.60. The fourth-order valence-corrected chi connectivity index (χ4v) is 6.69. The van der Waals surface area contributed by atoms with Crippen molar-refractivity contribution in [1.29, 1.82) is 0 Å². The molecule has 3 unspecified atom stereocenters. The first-order chi connectivity index (χ1) is 14.8. The number of aryl methyl sites for hydroxylation is 1. The second-order valence-corrected chi connectivity index (χ2v) is 11.1. The maximum atomic E-state index is 12.6. The summed E-state index contributed by atoms with van der Waals surface area (Å²) in [6.07, 6.45) is 9.44. The molecule has 166 valence electrons. The monoisotopic (exact) mass is 437 g/mol. The topological polar surface area (TPSA) is 54.9 Å². The molecule has 0 aliphatic heterocycles. The van der Waals surface area contributed by atoms with Crippen LogP contribution in [0.25, 0.3) is 0 Å². The predicted octanol–water partition coefficient (Wildman–Crippen LogP) is 5.52. The molecular weight excluding hydrogens is 402 g/mol. The van der Waals surface area contributed by atoms with E-state index in [1.54, 1.807) is 29.6 Å². The Kier molecular flexibility index (Phi) is 6.43. The first-order valence-corrected chi connectivity index (χ1v) is 12.6. The van der Waals surface area contributed by atoms with Gasteiger partial charge in [0.15, 0.2) is 5.16 Å². The number of rotatable bonds is 6. The van der Waals surface area contributed by atoms with Crippen LogP contribution < -0.4 is 5.32 Å². The van der Waals surface area contributed by atoms with Gasteiger partial charge in [0.05, 0.1) is 5.75 Å². The Hall–Kier alpha value is -1.88. The fourth-order valence-electron chi connectivity index (χ4n) is 6.06. The minimum absolute atomic E-state index is 0.0729. The maximum absolute atomic E-state index is 12.6. The van der Waals surface area contributed by atoms with E-state index in [1.807, 2.05) is 0 Å². The number of fused-ring (bicyclic) bond motifs is 3. The number of nitrogens with one attached hydrogen (secondary N) is 1. The highest BCUT2D eigenvalue weighted by molar-refractivity contribution is 7.99. The summed E-state index contributed by atoms with van der Waals surface area (Å²) in [5, 5.41) is 3.90. The van der Waals surface area contributed by atoms with E-state index >= 15 is 0 Å². The molecule has 1 saturated carbocycles. The summed E-state index contributed by atoms with van der Waals surface area (Å²) < 4.78 is 0. The normalized spacial score (nSPS) is 27.5. The van der Waals surface area contributed by atoms with Crippen molar-refractivity contribution in [2.45, 2.75) is 76.3 Å². The lowest BCUT2D eigenvalue weighted by Gasteiger charge is -2.55. The Bertz CT molecular complexity index is 932. The summed E-state index contributed by atoms with van der Waals surface area (Å²) in [4.78, 5) is 20.9. The van der Waals surface area contributed by atoms with Crippen LogP contribution in [0.2, 0.25) is 0 Å².